The number of carbonyl (C=O) groups is 3. The molecule has 170 valence electrons. The van der Waals surface area contributed by atoms with Crippen molar-refractivity contribution in [3.05, 3.63) is 42.0 Å². The van der Waals surface area contributed by atoms with E-state index in [1.807, 2.05) is 12.1 Å². The fraction of sp³-hybridized carbons (Fsp3) is 0.364. The molecular weight excluding hydrogens is 412 g/mol. The molecule has 0 aliphatic carbocycles. The highest BCUT2D eigenvalue weighted by Gasteiger charge is 2.36. The maximum Gasteiger partial charge on any atom is 0.255 e. The number of hydrogen-bond acceptors (Lipinski definition) is 5. The molecule has 2 atom stereocenters. The van der Waals surface area contributed by atoms with Crippen LogP contribution in [-0.4, -0.2) is 58.9 Å². The largest absolute Gasteiger partial charge is 0.506 e. The van der Waals surface area contributed by atoms with E-state index in [1.165, 1.54) is 11.0 Å². The van der Waals surface area contributed by atoms with Crippen LogP contribution in [0.4, 0.5) is 0 Å². The van der Waals surface area contributed by atoms with Gasteiger partial charge in [-0.3, -0.25) is 19.8 Å². The normalized spacial score (nSPS) is 16.5. The summed E-state index contributed by atoms with van der Waals surface area (Å²) in [6, 6.07) is 8.72. The van der Waals surface area contributed by atoms with Crippen molar-refractivity contribution in [1.82, 2.24) is 15.5 Å². The highest BCUT2D eigenvalue weighted by molar-refractivity contribution is 6.05. The number of primary amides is 1. The third kappa shape index (κ3) is 5.08. The number of amides is 3. The lowest BCUT2D eigenvalue weighted by Crippen LogP contribution is -2.53. The van der Waals surface area contributed by atoms with Gasteiger partial charge in [0, 0.05) is 18.5 Å². The summed E-state index contributed by atoms with van der Waals surface area (Å²) in [6.07, 6.45) is 1.83. The average molecular weight is 441 g/mol. The summed E-state index contributed by atoms with van der Waals surface area (Å²) in [5, 5.41) is 24.5. The number of guanidine groups is 1. The fourth-order valence-corrected chi connectivity index (χ4v) is 3.99. The lowest BCUT2D eigenvalue weighted by atomic mass is 10.0. The highest BCUT2D eigenvalue weighted by atomic mass is 16.3. The Kier molecular flexibility index (Phi) is 7.14. The van der Waals surface area contributed by atoms with Gasteiger partial charge < -0.3 is 32.1 Å². The topological polar surface area (TPSA) is 175 Å². The molecule has 0 saturated carbocycles. The molecule has 10 heteroatoms. The van der Waals surface area contributed by atoms with Crippen LogP contribution in [0.1, 0.15) is 36.0 Å². The first-order valence-electron chi connectivity index (χ1n) is 10.5. The summed E-state index contributed by atoms with van der Waals surface area (Å²) in [6.45, 7) is 0.723. The molecule has 0 bridgehead atoms. The van der Waals surface area contributed by atoms with Gasteiger partial charge in [-0.1, -0.05) is 30.3 Å². The van der Waals surface area contributed by atoms with Crippen LogP contribution in [-0.2, 0) is 9.59 Å². The molecule has 1 aliphatic rings. The predicted molar refractivity (Wildman–Crippen MR) is 120 cm³/mol. The van der Waals surface area contributed by atoms with Crippen LogP contribution in [0, 0.1) is 5.41 Å². The van der Waals surface area contributed by atoms with Gasteiger partial charge in [0.25, 0.3) is 5.91 Å². The lowest BCUT2D eigenvalue weighted by Gasteiger charge is -2.28. The number of likely N-dealkylation sites (tertiary alicyclic amines) is 1. The second-order valence-corrected chi connectivity index (χ2v) is 7.78. The van der Waals surface area contributed by atoms with Crippen LogP contribution >= 0.6 is 0 Å². The maximum atomic E-state index is 13.2. The van der Waals surface area contributed by atoms with E-state index in [0.717, 1.165) is 5.39 Å². The minimum atomic E-state index is -0.929. The van der Waals surface area contributed by atoms with Crippen LogP contribution in [0.15, 0.2) is 36.4 Å². The Morgan fingerprint density at radius 1 is 1.19 bits per heavy atom. The van der Waals surface area contributed by atoms with Gasteiger partial charge in [0.15, 0.2) is 5.96 Å². The third-order valence-corrected chi connectivity index (χ3v) is 5.60. The molecule has 0 spiro atoms. The molecule has 8 N–H and O–H groups in total. The van der Waals surface area contributed by atoms with Gasteiger partial charge in [-0.15, -0.1) is 0 Å². The van der Waals surface area contributed by atoms with E-state index in [-0.39, 0.29) is 23.7 Å². The number of phenolic OH excluding ortho intramolecular Hbond substituents is 1. The van der Waals surface area contributed by atoms with Gasteiger partial charge in [-0.2, -0.15) is 0 Å². The number of carbonyl (C=O) groups excluding carboxylic acids is 3. The quantitative estimate of drug-likeness (QED) is 0.196. The second-order valence-electron chi connectivity index (χ2n) is 7.78. The minimum absolute atomic E-state index is 0.0521. The Hall–Kier alpha value is -3.82. The van der Waals surface area contributed by atoms with E-state index in [4.69, 9.17) is 16.9 Å². The Bertz CT molecular complexity index is 1040. The molecule has 1 heterocycles. The van der Waals surface area contributed by atoms with Crippen molar-refractivity contribution >= 4 is 34.5 Å². The van der Waals surface area contributed by atoms with Crippen molar-refractivity contribution in [2.24, 2.45) is 11.5 Å². The summed E-state index contributed by atoms with van der Waals surface area (Å²) in [7, 11) is 0. The lowest BCUT2D eigenvalue weighted by molar-refractivity contribution is -0.139. The molecule has 10 nitrogen and oxygen atoms in total. The van der Waals surface area contributed by atoms with Gasteiger partial charge in [-0.25, -0.2) is 0 Å². The van der Waals surface area contributed by atoms with Crippen molar-refractivity contribution in [3.63, 3.8) is 0 Å². The van der Waals surface area contributed by atoms with E-state index in [9.17, 15) is 19.5 Å². The summed E-state index contributed by atoms with van der Waals surface area (Å²) < 4.78 is 0. The first-order valence-corrected chi connectivity index (χ1v) is 10.5. The van der Waals surface area contributed by atoms with E-state index in [1.54, 1.807) is 18.2 Å². The van der Waals surface area contributed by atoms with Crippen LogP contribution < -0.4 is 22.1 Å². The zero-order valence-corrected chi connectivity index (χ0v) is 17.6. The summed E-state index contributed by atoms with van der Waals surface area (Å²) in [5.74, 6) is -1.93. The number of nitrogens with zero attached hydrogens (tertiary/aromatic N) is 1. The van der Waals surface area contributed by atoms with E-state index in [2.05, 4.69) is 10.6 Å². The molecule has 2 aromatic rings. The van der Waals surface area contributed by atoms with Crippen LogP contribution in [0.5, 0.6) is 5.75 Å². The number of nitrogens with one attached hydrogen (secondary N) is 3. The molecule has 0 aromatic heterocycles. The summed E-state index contributed by atoms with van der Waals surface area (Å²) in [5.41, 5.74) is 10.8. The second kappa shape index (κ2) is 9.99. The first-order chi connectivity index (χ1) is 15.3. The maximum absolute atomic E-state index is 13.2. The minimum Gasteiger partial charge on any atom is -0.506 e. The Morgan fingerprint density at radius 3 is 2.66 bits per heavy atom. The van der Waals surface area contributed by atoms with E-state index in [0.29, 0.717) is 37.7 Å². The van der Waals surface area contributed by atoms with Gasteiger partial charge in [0.1, 0.15) is 17.8 Å². The van der Waals surface area contributed by atoms with Crippen LogP contribution in [0.2, 0.25) is 0 Å². The van der Waals surface area contributed by atoms with Gasteiger partial charge in [-0.05, 0) is 37.1 Å². The van der Waals surface area contributed by atoms with Crippen molar-refractivity contribution in [2.75, 3.05) is 13.1 Å². The smallest absolute Gasteiger partial charge is 0.255 e. The Balaban J connectivity index is 1.80. The monoisotopic (exact) mass is 440 g/mol. The number of phenols is 1. The van der Waals surface area contributed by atoms with Gasteiger partial charge in [0.2, 0.25) is 11.8 Å². The molecule has 32 heavy (non-hydrogen) atoms. The Labute approximate surface area is 185 Å². The van der Waals surface area contributed by atoms with Crippen LogP contribution in [0.3, 0.4) is 0 Å². The molecule has 1 saturated heterocycles. The van der Waals surface area contributed by atoms with Gasteiger partial charge >= 0.3 is 0 Å². The molecule has 1 aliphatic heterocycles. The summed E-state index contributed by atoms with van der Waals surface area (Å²) in [4.78, 5) is 39.4. The zero-order chi connectivity index (χ0) is 23.3. The number of benzene rings is 2. The molecule has 1 fully saturated rings. The van der Waals surface area contributed by atoms with Crippen molar-refractivity contribution in [1.29, 1.82) is 5.41 Å². The van der Waals surface area contributed by atoms with Crippen molar-refractivity contribution in [3.8, 4) is 5.75 Å². The zero-order valence-electron chi connectivity index (χ0n) is 17.6. The molecule has 1 unspecified atom stereocenters. The molecule has 3 amide bonds. The van der Waals surface area contributed by atoms with Crippen molar-refractivity contribution in [2.45, 2.75) is 37.8 Å². The fourth-order valence-electron chi connectivity index (χ4n) is 3.99. The molecule has 3 rings (SSSR count). The highest BCUT2D eigenvalue weighted by Crippen LogP contribution is 2.28. The van der Waals surface area contributed by atoms with Gasteiger partial charge in [0.05, 0.1) is 5.56 Å². The van der Waals surface area contributed by atoms with Crippen LogP contribution in [0.25, 0.3) is 10.8 Å². The van der Waals surface area contributed by atoms with Crippen molar-refractivity contribution < 1.29 is 19.5 Å². The molecular formula is C22H28N6O4. The SMILES string of the molecule is N=C(N)NCCCC(NC(=O)c1ccc2ccccc2c1O)C(=O)N1CCC[C@H]1C(N)=O. The number of rotatable bonds is 8. The van der Waals surface area contributed by atoms with E-state index >= 15 is 0 Å². The number of hydrogen-bond donors (Lipinski definition) is 6. The average Bonchev–Trinajstić information content (AvgIpc) is 3.26. The molecule has 2 aromatic carbocycles. The number of aromatic hydroxyl groups is 1. The third-order valence-electron chi connectivity index (χ3n) is 5.60. The number of fused-ring (bicyclic) bond motifs is 1. The predicted octanol–water partition coefficient (Wildman–Crippen LogP) is 0.383. The summed E-state index contributed by atoms with van der Waals surface area (Å²) >= 11 is 0. The van der Waals surface area contributed by atoms with E-state index < -0.39 is 29.8 Å². The number of nitrogens with two attached hydrogens (primary N) is 2. The Morgan fingerprint density at radius 2 is 1.94 bits per heavy atom. The first kappa shape index (κ1) is 22.9. The standard InChI is InChI=1S/C22H28N6O4/c23-19(30)17-8-4-12-28(17)21(32)16(7-3-11-26-22(24)25)27-20(31)15-10-9-13-5-1-2-6-14(13)18(15)29/h1-2,5-6,9-10,16-17,29H,3-4,7-8,11-12H2,(H2,23,30)(H,27,31)(H4,24,25,26)/t16?,17-/m0/s1. The molecule has 0 radical (unpaired) electrons.